The number of carboxylic acid groups (broad SMARTS) is 1. The summed E-state index contributed by atoms with van der Waals surface area (Å²) in [5.74, 6) is -2.08. The highest BCUT2D eigenvalue weighted by Crippen LogP contribution is 2.28. The fourth-order valence-corrected chi connectivity index (χ4v) is 3.14. The molecule has 3 aromatic carbocycles. The van der Waals surface area contributed by atoms with Gasteiger partial charge in [0.05, 0.1) is 5.56 Å². The summed E-state index contributed by atoms with van der Waals surface area (Å²) in [6, 6.07) is 16.7. The van der Waals surface area contributed by atoms with Crippen LogP contribution in [0.1, 0.15) is 52.6 Å². The molecule has 0 unspecified atom stereocenters. The second-order valence-corrected chi connectivity index (χ2v) is 6.30. The van der Waals surface area contributed by atoms with Crippen molar-refractivity contribution in [1.29, 1.82) is 0 Å². The topological polar surface area (TPSA) is 101 Å². The molecule has 0 radical (unpaired) electrons. The van der Waals surface area contributed by atoms with Crippen molar-refractivity contribution >= 4 is 29.1 Å². The number of fused-ring (bicyclic) bond motifs is 2. The van der Waals surface area contributed by atoms with Crippen LogP contribution in [0.25, 0.3) is 0 Å². The van der Waals surface area contributed by atoms with E-state index in [4.69, 9.17) is 5.11 Å². The fourth-order valence-electron chi connectivity index (χ4n) is 3.14. The van der Waals surface area contributed by atoms with Crippen molar-refractivity contribution in [2.75, 3.05) is 5.32 Å². The fraction of sp³-hybridized carbons (Fsp3) is 0. The molecule has 0 spiro atoms. The predicted molar refractivity (Wildman–Crippen MR) is 101 cm³/mol. The molecule has 28 heavy (non-hydrogen) atoms. The van der Waals surface area contributed by atoms with E-state index in [1.165, 1.54) is 42.5 Å². The van der Waals surface area contributed by atoms with Crippen molar-refractivity contribution < 1.29 is 24.3 Å². The van der Waals surface area contributed by atoms with Crippen LogP contribution in [0.2, 0.25) is 0 Å². The van der Waals surface area contributed by atoms with Gasteiger partial charge in [-0.2, -0.15) is 0 Å². The predicted octanol–water partition coefficient (Wildman–Crippen LogP) is 3.41. The first kappa shape index (κ1) is 17.4. The molecule has 1 aliphatic carbocycles. The van der Waals surface area contributed by atoms with Gasteiger partial charge in [-0.25, -0.2) is 4.79 Å². The number of nitrogens with one attached hydrogen (secondary N) is 1. The van der Waals surface area contributed by atoms with Gasteiger partial charge in [0.2, 0.25) is 0 Å². The minimum absolute atomic E-state index is 0.106. The van der Waals surface area contributed by atoms with Crippen molar-refractivity contribution in [2.45, 2.75) is 0 Å². The number of carbonyl (C=O) groups excluding carboxylic acids is 3. The average molecular weight is 371 g/mol. The summed E-state index contributed by atoms with van der Waals surface area (Å²) in [6.07, 6.45) is 0. The number of anilines is 1. The number of carboxylic acids is 1. The number of hydrogen-bond donors (Lipinski definition) is 2. The van der Waals surface area contributed by atoms with E-state index in [0.29, 0.717) is 16.8 Å². The first-order chi connectivity index (χ1) is 13.5. The molecule has 1 aliphatic rings. The molecule has 0 aromatic heterocycles. The van der Waals surface area contributed by atoms with Gasteiger partial charge in [-0.3, -0.25) is 14.4 Å². The van der Waals surface area contributed by atoms with E-state index in [1.54, 1.807) is 24.3 Å². The maximum Gasteiger partial charge on any atom is 0.335 e. The standard InChI is InChI=1S/C22H13NO5/c24-19-15-3-1-2-4-16(15)20(25)18-11-13(7-10-17(18)19)21(26)23-14-8-5-12(6-9-14)22(27)28/h1-11H,(H,23,26)(H,27,28). The largest absolute Gasteiger partial charge is 0.478 e. The summed E-state index contributed by atoms with van der Waals surface area (Å²) in [5, 5.41) is 11.6. The second kappa shape index (κ2) is 6.59. The molecule has 6 nitrogen and oxygen atoms in total. The Morgan fingerprint density at radius 1 is 0.679 bits per heavy atom. The summed E-state index contributed by atoms with van der Waals surface area (Å²) in [7, 11) is 0. The number of carbonyl (C=O) groups is 4. The number of rotatable bonds is 3. The summed E-state index contributed by atoms with van der Waals surface area (Å²) >= 11 is 0. The Morgan fingerprint density at radius 3 is 1.82 bits per heavy atom. The zero-order chi connectivity index (χ0) is 19.8. The zero-order valence-corrected chi connectivity index (χ0v) is 14.4. The number of amides is 1. The summed E-state index contributed by atoms with van der Waals surface area (Å²) < 4.78 is 0. The zero-order valence-electron chi connectivity index (χ0n) is 14.4. The molecular weight excluding hydrogens is 358 g/mol. The Bertz CT molecular complexity index is 1160. The Labute approximate surface area is 159 Å². The molecule has 2 N–H and O–H groups in total. The van der Waals surface area contributed by atoms with Gasteiger partial charge >= 0.3 is 5.97 Å². The Balaban J connectivity index is 1.63. The van der Waals surface area contributed by atoms with E-state index >= 15 is 0 Å². The molecule has 0 bridgehead atoms. The third-order valence-corrected chi connectivity index (χ3v) is 4.58. The van der Waals surface area contributed by atoms with E-state index in [0.717, 1.165) is 0 Å². The monoisotopic (exact) mass is 371 g/mol. The normalized spacial score (nSPS) is 12.1. The van der Waals surface area contributed by atoms with Crippen molar-refractivity contribution in [1.82, 2.24) is 0 Å². The van der Waals surface area contributed by atoms with Gasteiger partial charge in [-0.1, -0.05) is 24.3 Å². The van der Waals surface area contributed by atoms with Gasteiger partial charge in [0.25, 0.3) is 5.91 Å². The lowest BCUT2D eigenvalue weighted by Gasteiger charge is -2.18. The summed E-state index contributed by atoms with van der Waals surface area (Å²) in [5.41, 5.74) is 1.89. The highest BCUT2D eigenvalue weighted by Gasteiger charge is 2.29. The third kappa shape index (κ3) is 2.87. The van der Waals surface area contributed by atoms with E-state index in [2.05, 4.69) is 5.32 Å². The highest BCUT2D eigenvalue weighted by atomic mass is 16.4. The summed E-state index contributed by atoms with van der Waals surface area (Å²) in [6.45, 7) is 0. The molecule has 0 aliphatic heterocycles. The van der Waals surface area contributed by atoms with Crippen LogP contribution in [-0.4, -0.2) is 28.5 Å². The lowest BCUT2D eigenvalue weighted by molar-refractivity contribution is 0.0696. The van der Waals surface area contributed by atoms with Crippen LogP contribution in [0.5, 0.6) is 0 Å². The van der Waals surface area contributed by atoms with Crippen LogP contribution in [0.15, 0.2) is 66.7 Å². The van der Waals surface area contributed by atoms with Gasteiger partial charge in [-0.05, 0) is 42.5 Å². The number of benzene rings is 3. The van der Waals surface area contributed by atoms with Crippen molar-refractivity contribution in [3.63, 3.8) is 0 Å². The van der Waals surface area contributed by atoms with Crippen LogP contribution in [0.3, 0.4) is 0 Å². The van der Waals surface area contributed by atoms with Crippen LogP contribution in [-0.2, 0) is 0 Å². The van der Waals surface area contributed by atoms with Crippen LogP contribution < -0.4 is 5.32 Å². The van der Waals surface area contributed by atoms with Gasteiger partial charge in [-0.15, -0.1) is 0 Å². The molecule has 4 rings (SSSR count). The van der Waals surface area contributed by atoms with Gasteiger partial charge in [0, 0.05) is 33.5 Å². The Kier molecular flexibility index (Phi) is 4.08. The number of hydrogen-bond acceptors (Lipinski definition) is 4. The van der Waals surface area contributed by atoms with Crippen molar-refractivity contribution in [2.24, 2.45) is 0 Å². The maximum atomic E-state index is 12.7. The van der Waals surface area contributed by atoms with E-state index in [-0.39, 0.29) is 33.8 Å². The molecule has 0 saturated heterocycles. The lowest BCUT2D eigenvalue weighted by atomic mass is 9.83. The van der Waals surface area contributed by atoms with E-state index < -0.39 is 11.9 Å². The Hall–Kier alpha value is -4.06. The maximum absolute atomic E-state index is 12.7. The molecule has 0 atom stereocenters. The molecule has 3 aromatic rings. The van der Waals surface area contributed by atoms with Crippen molar-refractivity contribution in [3.8, 4) is 0 Å². The summed E-state index contributed by atoms with van der Waals surface area (Å²) in [4.78, 5) is 48.8. The van der Waals surface area contributed by atoms with Crippen LogP contribution >= 0.6 is 0 Å². The third-order valence-electron chi connectivity index (χ3n) is 4.58. The SMILES string of the molecule is O=C(O)c1ccc(NC(=O)c2ccc3c(c2)C(=O)c2ccccc2C3=O)cc1. The lowest BCUT2D eigenvalue weighted by Crippen LogP contribution is -2.22. The quantitative estimate of drug-likeness (QED) is 0.575. The molecule has 6 heteroatoms. The second-order valence-electron chi connectivity index (χ2n) is 6.30. The molecular formula is C22H13NO5. The van der Waals surface area contributed by atoms with Crippen LogP contribution in [0, 0.1) is 0 Å². The first-order valence-electron chi connectivity index (χ1n) is 8.43. The highest BCUT2D eigenvalue weighted by molar-refractivity contribution is 6.28. The number of aromatic carboxylic acids is 1. The average Bonchev–Trinajstić information content (AvgIpc) is 2.72. The van der Waals surface area contributed by atoms with E-state index in [9.17, 15) is 19.2 Å². The number of ketones is 2. The minimum Gasteiger partial charge on any atom is -0.478 e. The Morgan fingerprint density at radius 2 is 1.21 bits per heavy atom. The molecule has 0 heterocycles. The molecule has 136 valence electrons. The molecule has 1 amide bonds. The minimum atomic E-state index is -1.06. The van der Waals surface area contributed by atoms with Gasteiger partial charge in [0.1, 0.15) is 0 Å². The van der Waals surface area contributed by atoms with Crippen molar-refractivity contribution in [3.05, 3.63) is 100 Å². The van der Waals surface area contributed by atoms with Gasteiger partial charge < -0.3 is 10.4 Å². The van der Waals surface area contributed by atoms with Gasteiger partial charge in [0.15, 0.2) is 11.6 Å². The molecule has 0 saturated carbocycles. The smallest absolute Gasteiger partial charge is 0.335 e. The first-order valence-corrected chi connectivity index (χ1v) is 8.43. The molecule has 0 fully saturated rings. The van der Waals surface area contributed by atoms with Crippen LogP contribution in [0.4, 0.5) is 5.69 Å². The van der Waals surface area contributed by atoms with E-state index in [1.807, 2.05) is 0 Å².